The van der Waals surface area contributed by atoms with Gasteiger partial charge in [0.2, 0.25) is 0 Å². The Balaban J connectivity index is 1.27. The number of carbonyl (C=O) groups excluding carboxylic acids is 1. The molecular formula is C27H25N3O4S. The van der Waals surface area contributed by atoms with Crippen molar-refractivity contribution in [2.24, 2.45) is 10.4 Å². The number of nitrogens with zero attached hydrogens (tertiary/aromatic N) is 2. The molecule has 1 aliphatic heterocycles. The summed E-state index contributed by atoms with van der Waals surface area (Å²) in [7, 11) is 0. The van der Waals surface area contributed by atoms with E-state index in [0.29, 0.717) is 24.9 Å². The minimum Gasteiger partial charge on any atom is -0.481 e. The van der Waals surface area contributed by atoms with Gasteiger partial charge in [-0.15, -0.1) is 0 Å². The molecule has 35 heavy (non-hydrogen) atoms. The van der Waals surface area contributed by atoms with Crippen molar-refractivity contribution in [3.63, 3.8) is 0 Å². The van der Waals surface area contributed by atoms with Gasteiger partial charge in [-0.3, -0.25) is 15.1 Å². The minimum absolute atomic E-state index is 0.382. The Kier molecular flexibility index (Phi) is 5.98. The van der Waals surface area contributed by atoms with Gasteiger partial charge in [0.15, 0.2) is 0 Å². The molecule has 1 saturated carbocycles. The third kappa shape index (κ3) is 4.49. The fraction of sp³-hybridized carbons (Fsp3) is 0.259. The molecule has 2 N–H and O–H groups in total. The highest BCUT2D eigenvalue weighted by Crippen LogP contribution is 2.54. The first-order valence-corrected chi connectivity index (χ1v) is 12.2. The van der Waals surface area contributed by atoms with Crippen LogP contribution in [0.15, 0.2) is 71.4 Å². The van der Waals surface area contributed by atoms with Crippen LogP contribution in [0.1, 0.15) is 49.1 Å². The molecule has 3 aromatic rings. The molecule has 1 unspecified atom stereocenters. The number of benzene rings is 2. The van der Waals surface area contributed by atoms with E-state index in [1.807, 2.05) is 68.4 Å². The number of rotatable bonds is 7. The highest BCUT2D eigenvalue weighted by atomic mass is 32.1. The van der Waals surface area contributed by atoms with E-state index in [4.69, 9.17) is 4.74 Å². The van der Waals surface area contributed by atoms with Gasteiger partial charge in [0.1, 0.15) is 6.10 Å². The van der Waals surface area contributed by atoms with E-state index in [9.17, 15) is 14.7 Å². The van der Waals surface area contributed by atoms with E-state index in [-0.39, 0.29) is 6.10 Å². The van der Waals surface area contributed by atoms with Crippen LogP contribution in [0.3, 0.4) is 0 Å². The van der Waals surface area contributed by atoms with Gasteiger partial charge in [0.25, 0.3) is 0 Å². The van der Waals surface area contributed by atoms with Crippen LogP contribution in [0.4, 0.5) is 10.5 Å². The van der Waals surface area contributed by atoms with Crippen LogP contribution in [-0.4, -0.2) is 27.3 Å². The van der Waals surface area contributed by atoms with Gasteiger partial charge < -0.3 is 9.84 Å². The Hall–Kier alpha value is -3.78. The van der Waals surface area contributed by atoms with Gasteiger partial charge in [-0.1, -0.05) is 54.6 Å². The van der Waals surface area contributed by atoms with Gasteiger partial charge in [0, 0.05) is 12.6 Å². The summed E-state index contributed by atoms with van der Waals surface area (Å²) in [6, 6.07) is 17.5. The largest absolute Gasteiger partial charge is 0.481 e. The summed E-state index contributed by atoms with van der Waals surface area (Å²) in [6.45, 7) is 3.68. The Morgan fingerprint density at radius 3 is 2.43 bits per heavy atom. The molecule has 1 amide bonds. The number of carboxylic acids is 1. The Morgan fingerprint density at radius 2 is 1.77 bits per heavy atom. The Labute approximate surface area is 207 Å². The van der Waals surface area contributed by atoms with Gasteiger partial charge in [-0.05, 0) is 60.5 Å². The maximum absolute atomic E-state index is 12.6. The van der Waals surface area contributed by atoms with Crippen LogP contribution in [-0.2, 0) is 9.53 Å². The molecule has 0 radical (unpaired) electrons. The van der Waals surface area contributed by atoms with Gasteiger partial charge in [-0.2, -0.15) is 4.37 Å². The van der Waals surface area contributed by atoms with Crippen molar-refractivity contribution in [2.45, 2.75) is 39.2 Å². The molecule has 1 aliphatic carbocycles. The average Bonchev–Trinajstić information content (AvgIpc) is 3.40. The first-order valence-electron chi connectivity index (χ1n) is 11.5. The lowest BCUT2D eigenvalue weighted by molar-refractivity contribution is -0.141. The maximum atomic E-state index is 12.6. The van der Waals surface area contributed by atoms with E-state index in [1.54, 1.807) is 6.20 Å². The molecule has 2 aromatic carbocycles. The lowest BCUT2D eigenvalue weighted by atomic mass is 9.92. The first-order chi connectivity index (χ1) is 16.9. The second-order valence-corrected chi connectivity index (χ2v) is 9.70. The van der Waals surface area contributed by atoms with Crippen LogP contribution >= 0.6 is 11.5 Å². The lowest BCUT2D eigenvalue weighted by Crippen LogP contribution is -2.18. The third-order valence-corrected chi connectivity index (χ3v) is 7.62. The molecule has 1 aromatic heterocycles. The minimum atomic E-state index is -0.757. The third-order valence-electron chi connectivity index (χ3n) is 6.63. The Bertz CT molecular complexity index is 1340. The van der Waals surface area contributed by atoms with Crippen LogP contribution in [0.5, 0.6) is 0 Å². The second-order valence-electron chi connectivity index (χ2n) is 8.93. The highest BCUT2D eigenvalue weighted by Gasteiger charge is 2.53. The lowest BCUT2D eigenvalue weighted by Gasteiger charge is -2.15. The number of ether oxygens (including phenoxy) is 1. The number of carboxylic acid groups (broad SMARTS) is 1. The molecular weight excluding hydrogens is 462 g/mol. The zero-order valence-corrected chi connectivity index (χ0v) is 20.3. The maximum Gasteiger partial charge on any atom is 0.412 e. The average molecular weight is 488 g/mol. The quantitative estimate of drug-likeness (QED) is 0.403. The molecule has 0 spiro atoms. The van der Waals surface area contributed by atoms with Crippen LogP contribution < -0.4 is 5.32 Å². The van der Waals surface area contributed by atoms with Crippen molar-refractivity contribution in [1.29, 1.82) is 0 Å². The molecule has 8 heteroatoms. The van der Waals surface area contributed by atoms with Crippen molar-refractivity contribution in [2.75, 3.05) is 5.32 Å². The van der Waals surface area contributed by atoms with Crippen molar-refractivity contribution in [3.05, 3.63) is 83.2 Å². The number of aryl methyl sites for hydroxylation is 1. The summed E-state index contributed by atoms with van der Waals surface area (Å²) in [5, 5.41) is 12.4. The summed E-state index contributed by atoms with van der Waals surface area (Å²) >= 11 is 1.31. The van der Waals surface area contributed by atoms with E-state index >= 15 is 0 Å². The predicted molar refractivity (Wildman–Crippen MR) is 136 cm³/mol. The summed E-state index contributed by atoms with van der Waals surface area (Å²) in [4.78, 5) is 29.6. The van der Waals surface area contributed by atoms with Crippen LogP contribution in [0.25, 0.3) is 10.4 Å². The predicted octanol–water partition coefficient (Wildman–Crippen LogP) is 6.37. The van der Waals surface area contributed by atoms with Gasteiger partial charge in [0.05, 0.1) is 27.4 Å². The number of aliphatic imine (C=N–C) groups is 1. The van der Waals surface area contributed by atoms with Crippen molar-refractivity contribution in [3.8, 4) is 10.4 Å². The number of anilines is 1. The fourth-order valence-electron chi connectivity index (χ4n) is 4.31. The summed E-state index contributed by atoms with van der Waals surface area (Å²) in [5.41, 5.74) is 5.19. The zero-order valence-electron chi connectivity index (χ0n) is 19.4. The monoisotopic (exact) mass is 487 g/mol. The van der Waals surface area contributed by atoms with E-state index in [2.05, 4.69) is 14.7 Å². The topological polar surface area (TPSA) is 101 Å². The van der Waals surface area contributed by atoms with Crippen LogP contribution in [0.2, 0.25) is 0 Å². The number of hydrogen-bond acceptors (Lipinski definition) is 6. The molecule has 2 heterocycles. The standard InChI is InChI=1S/C27H25N3O4S/c1-16-23(29-26(33)34-17(2)18-6-4-3-5-7-18)24(35-30-16)20-10-8-19(9-11-20)22-14-21(15-28-22)27(12-13-27)25(31)32/h3-11,15,17H,12-14H2,1-2H3,(H,29,33)(H,31,32). The van der Waals surface area contributed by atoms with E-state index in [0.717, 1.165) is 38.5 Å². The van der Waals surface area contributed by atoms with E-state index in [1.165, 1.54) is 11.5 Å². The molecule has 1 fully saturated rings. The smallest absolute Gasteiger partial charge is 0.412 e. The number of aromatic nitrogens is 1. The van der Waals surface area contributed by atoms with E-state index < -0.39 is 17.5 Å². The molecule has 0 bridgehead atoms. The molecule has 0 saturated heterocycles. The highest BCUT2D eigenvalue weighted by molar-refractivity contribution is 7.10. The number of amides is 1. The molecule has 2 aliphatic rings. The van der Waals surface area contributed by atoms with Crippen molar-refractivity contribution < 1.29 is 19.4 Å². The fourth-order valence-corrected chi connectivity index (χ4v) is 5.16. The number of hydrogen-bond donors (Lipinski definition) is 2. The number of nitrogens with one attached hydrogen (secondary N) is 1. The second kappa shape index (κ2) is 9.11. The molecule has 1 atom stereocenters. The normalized spacial score (nSPS) is 16.7. The first kappa shape index (κ1) is 23.0. The zero-order chi connectivity index (χ0) is 24.6. The SMILES string of the molecule is Cc1nsc(-c2ccc(C3=NC=C(C4(C(=O)O)CC4)C3)cc2)c1NC(=O)OC(C)c1ccccc1. The molecule has 7 nitrogen and oxygen atoms in total. The Morgan fingerprint density at radius 1 is 1.09 bits per heavy atom. The summed E-state index contributed by atoms with van der Waals surface area (Å²) in [6.07, 6.45) is 2.73. The van der Waals surface area contributed by atoms with Crippen LogP contribution in [0, 0.1) is 12.3 Å². The number of carbonyl (C=O) groups is 2. The molecule has 5 rings (SSSR count). The number of aliphatic carboxylic acids is 1. The summed E-state index contributed by atoms with van der Waals surface area (Å²) < 4.78 is 9.99. The van der Waals surface area contributed by atoms with Gasteiger partial charge in [-0.25, -0.2) is 4.79 Å². The summed E-state index contributed by atoms with van der Waals surface area (Å²) in [5.74, 6) is -0.757. The van der Waals surface area contributed by atoms with Crippen molar-refractivity contribution >= 4 is 35.0 Å². The van der Waals surface area contributed by atoms with Gasteiger partial charge >= 0.3 is 12.1 Å². The molecule has 178 valence electrons. The van der Waals surface area contributed by atoms with Crippen molar-refractivity contribution in [1.82, 2.24) is 4.37 Å².